The molecule has 1 fully saturated rings. The molecule has 104 valence electrons. The molecule has 0 saturated carbocycles. The third kappa shape index (κ3) is 2.47. The Morgan fingerprint density at radius 3 is 3.10 bits per heavy atom. The second kappa shape index (κ2) is 5.36. The SMILES string of the molecule is NC(=O)C1CCCN(c2ccnc3cc(Br)cnc23)C1. The highest BCUT2D eigenvalue weighted by atomic mass is 79.9. The summed E-state index contributed by atoms with van der Waals surface area (Å²) in [5, 5.41) is 0. The lowest BCUT2D eigenvalue weighted by atomic mass is 9.97. The summed E-state index contributed by atoms with van der Waals surface area (Å²) in [5.41, 5.74) is 8.17. The molecule has 6 heteroatoms. The van der Waals surface area contributed by atoms with Crippen molar-refractivity contribution in [1.29, 1.82) is 0 Å². The minimum Gasteiger partial charge on any atom is -0.369 e. The van der Waals surface area contributed by atoms with E-state index >= 15 is 0 Å². The van der Waals surface area contributed by atoms with Crippen LogP contribution in [-0.2, 0) is 4.79 Å². The first-order valence-electron chi connectivity index (χ1n) is 6.59. The summed E-state index contributed by atoms with van der Waals surface area (Å²) in [6.07, 6.45) is 5.38. The van der Waals surface area contributed by atoms with Crippen LogP contribution in [-0.4, -0.2) is 29.0 Å². The Labute approximate surface area is 125 Å². The second-order valence-electron chi connectivity index (χ2n) is 5.04. The molecule has 0 spiro atoms. The molecular weight excluding hydrogens is 320 g/mol. The van der Waals surface area contributed by atoms with E-state index in [2.05, 4.69) is 30.8 Å². The first-order valence-corrected chi connectivity index (χ1v) is 7.39. The number of fused-ring (bicyclic) bond motifs is 1. The summed E-state index contributed by atoms with van der Waals surface area (Å²) in [7, 11) is 0. The van der Waals surface area contributed by atoms with Crippen molar-refractivity contribution in [3.8, 4) is 0 Å². The fourth-order valence-electron chi connectivity index (χ4n) is 2.67. The van der Waals surface area contributed by atoms with E-state index in [-0.39, 0.29) is 11.8 Å². The highest BCUT2D eigenvalue weighted by Crippen LogP contribution is 2.29. The van der Waals surface area contributed by atoms with E-state index in [0.717, 1.165) is 40.6 Å². The third-order valence-electron chi connectivity index (χ3n) is 3.69. The number of anilines is 1. The molecule has 3 rings (SSSR count). The van der Waals surface area contributed by atoms with Crippen molar-refractivity contribution >= 4 is 38.6 Å². The molecule has 1 aliphatic heterocycles. The Bertz CT molecular complexity index is 661. The number of rotatable bonds is 2. The van der Waals surface area contributed by atoms with Gasteiger partial charge in [-0.15, -0.1) is 0 Å². The lowest BCUT2D eigenvalue weighted by molar-refractivity contribution is -0.122. The Morgan fingerprint density at radius 2 is 2.30 bits per heavy atom. The topological polar surface area (TPSA) is 72.1 Å². The standard InChI is InChI=1S/C14H15BrN4O/c15-10-6-11-13(18-7-10)12(3-4-17-11)19-5-1-2-9(8-19)14(16)20/h3-4,6-7,9H,1-2,5,8H2,(H2,16,20). The van der Waals surface area contributed by atoms with Gasteiger partial charge in [0.1, 0.15) is 5.52 Å². The Kier molecular flexibility index (Phi) is 3.56. The van der Waals surface area contributed by atoms with Crippen LogP contribution in [0.5, 0.6) is 0 Å². The van der Waals surface area contributed by atoms with Gasteiger partial charge in [-0.1, -0.05) is 0 Å². The predicted octanol–water partition coefficient (Wildman–Crippen LogP) is 2.09. The van der Waals surface area contributed by atoms with Gasteiger partial charge in [0.05, 0.1) is 17.1 Å². The van der Waals surface area contributed by atoms with Gasteiger partial charge in [0.2, 0.25) is 5.91 Å². The van der Waals surface area contributed by atoms with Crippen molar-refractivity contribution in [3.05, 3.63) is 29.0 Å². The summed E-state index contributed by atoms with van der Waals surface area (Å²) in [4.78, 5) is 22.4. The largest absolute Gasteiger partial charge is 0.369 e. The number of primary amides is 1. The van der Waals surface area contributed by atoms with Crippen molar-refractivity contribution in [2.45, 2.75) is 12.8 Å². The number of carbonyl (C=O) groups excluding carboxylic acids is 1. The van der Waals surface area contributed by atoms with Gasteiger partial charge in [0.25, 0.3) is 0 Å². The Balaban J connectivity index is 1.99. The van der Waals surface area contributed by atoms with E-state index in [1.165, 1.54) is 0 Å². The smallest absolute Gasteiger partial charge is 0.222 e. The molecule has 3 heterocycles. The molecule has 0 aliphatic carbocycles. The molecule has 2 aromatic rings. The highest BCUT2D eigenvalue weighted by molar-refractivity contribution is 9.10. The van der Waals surface area contributed by atoms with Gasteiger partial charge in [-0.2, -0.15) is 0 Å². The van der Waals surface area contributed by atoms with Gasteiger partial charge in [0, 0.05) is 30.0 Å². The minimum absolute atomic E-state index is 0.0811. The number of hydrogen-bond acceptors (Lipinski definition) is 4. The lowest BCUT2D eigenvalue weighted by Gasteiger charge is -2.33. The van der Waals surface area contributed by atoms with E-state index in [1.54, 1.807) is 12.4 Å². The molecule has 1 aliphatic rings. The fraction of sp³-hybridized carbons (Fsp3) is 0.357. The summed E-state index contributed by atoms with van der Waals surface area (Å²) in [5.74, 6) is -0.300. The van der Waals surface area contributed by atoms with Crippen molar-refractivity contribution in [2.75, 3.05) is 18.0 Å². The lowest BCUT2D eigenvalue weighted by Crippen LogP contribution is -2.41. The second-order valence-corrected chi connectivity index (χ2v) is 5.95. The Morgan fingerprint density at radius 1 is 1.45 bits per heavy atom. The van der Waals surface area contributed by atoms with Crippen LogP contribution in [0.3, 0.4) is 0 Å². The van der Waals surface area contributed by atoms with Crippen molar-refractivity contribution in [1.82, 2.24) is 9.97 Å². The molecule has 5 nitrogen and oxygen atoms in total. The maximum atomic E-state index is 11.4. The molecule has 1 saturated heterocycles. The summed E-state index contributed by atoms with van der Waals surface area (Å²) in [6, 6.07) is 3.90. The number of nitrogens with two attached hydrogens (primary N) is 1. The van der Waals surface area contributed by atoms with Crippen LogP contribution >= 0.6 is 15.9 Å². The van der Waals surface area contributed by atoms with E-state index in [4.69, 9.17) is 5.73 Å². The zero-order chi connectivity index (χ0) is 14.1. The molecule has 1 atom stereocenters. The van der Waals surface area contributed by atoms with Gasteiger partial charge < -0.3 is 10.6 Å². The first kappa shape index (κ1) is 13.3. The van der Waals surface area contributed by atoms with Gasteiger partial charge in [-0.05, 0) is 40.9 Å². The van der Waals surface area contributed by atoms with Gasteiger partial charge in [0.15, 0.2) is 0 Å². The van der Waals surface area contributed by atoms with Crippen molar-refractivity contribution in [2.24, 2.45) is 11.7 Å². The van der Waals surface area contributed by atoms with Crippen LogP contribution < -0.4 is 10.6 Å². The molecular formula is C14H15BrN4O. The van der Waals surface area contributed by atoms with Crippen LogP contribution in [0.25, 0.3) is 11.0 Å². The number of piperidine rings is 1. The molecule has 0 bridgehead atoms. The monoisotopic (exact) mass is 334 g/mol. The zero-order valence-electron chi connectivity index (χ0n) is 10.9. The normalized spacial score (nSPS) is 19.2. The quantitative estimate of drug-likeness (QED) is 0.912. The van der Waals surface area contributed by atoms with Crippen LogP contribution in [0.2, 0.25) is 0 Å². The number of halogens is 1. The third-order valence-corrected chi connectivity index (χ3v) is 4.12. The number of aromatic nitrogens is 2. The summed E-state index contributed by atoms with van der Waals surface area (Å²) in [6.45, 7) is 1.58. The molecule has 20 heavy (non-hydrogen) atoms. The molecule has 0 radical (unpaired) electrons. The number of amides is 1. The van der Waals surface area contributed by atoms with E-state index in [9.17, 15) is 4.79 Å². The van der Waals surface area contributed by atoms with Gasteiger partial charge >= 0.3 is 0 Å². The zero-order valence-corrected chi connectivity index (χ0v) is 12.5. The number of nitrogens with zero attached hydrogens (tertiary/aromatic N) is 3. The van der Waals surface area contributed by atoms with Crippen LogP contribution in [0.4, 0.5) is 5.69 Å². The molecule has 0 aromatic carbocycles. The van der Waals surface area contributed by atoms with E-state index < -0.39 is 0 Å². The van der Waals surface area contributed by atoms with Gasteiger partial charge in [-0.3, -0.25) is 14.8 Å². The van der Waals surface area contributed by atoms with E-state index in [1.807, 2.05) is 12.1 Å². The van der Waals surface area contributed by atoms with E-state index in [0.29, 0.717) is 6.54 Å². The van der Waals surface area contributed by atoms with Crippen LogP contribution in [0.15, 0.2) is 29.0 Å². The maximum absolute atomic E-state index is 11.4. The maximum Gasteiger partial charge on any atom is 0.222 e. The molecule has 2 aromatic heterocycles. The number of carbonyl (C=O) groups is 1. The predicted molar refractivity (Wildman–Crippen MR) is 81.4 cm³/mol. The minimum atomic E-state index is -0.219. The molecule has 2 N–H and O–H groups in total. The molecule has 1 unspecified atom stereocenters. The van der Waals surface area contributed by atoms with Crippen LogP contribution in [0, 0.1) is 5.92 Å². The van der Waals surface area contributed by atoms with Crippen LogP contribution in [0.1, 0.15) is 12.8 Å². The fourth-order valence-corrected chi connectivity index (χ4v) is 2.99. The average molecular weight is 335 g/mol. The number of pyridine rings is 2. The van der Waals surface area contributed by atoms with Crippen molar-refractivity contribution in [3.63, 3.8) is 0 Å². The summed E-state index contributed by atoms with van der Waals surface area (Å²) < 4.78 is 0.906. The van der Waals surface area contributed by atoms with Gasteiger partial charge in [-0.25, -0.2) is 0 Å². The highest BCUT2D eigenvalue weighted by Gasteiger charge is 2.25. The average Bonchev–Trinajstić information content (AvgIpc) is 2.46. The molecule has 1 amide bonds. The van der Waals surface area contributed by atoms with Crippen molar-refractivity contribution < 1.29 is 4.79 Å². The number of hydrogen-bond donors (Lipinski definition) is 1. The summed E-state index contributed by atoms with van der Waals surface area (Å²) >= 11 is 3.40. The first-order chi connectivity index (χ1) is 9.65. The Hall–Kier alpha value is -1.69.